The van der Waals surface area contributed by atoms with Crippen molar-refractivity contribution in [3.8, 4) is 17.0 Å². The predicted molar refractivity (Wildman–Crippen MR) is 112 cm³/mol. The van der Waals surface area contributed by atoms with Gasteiger partial charge in [0.1, 0.15) is 29.1 Å². The van der Waals surface area contributed by atoms with Gasteiger partial charge >= 0.3 is 0 Å². The van der Waals surface area contributed by atoms with Gasteiger partial charge < -0.3 is 15.4 Å². The van der Waals surface area contributed by atoms with Crippen LogP contribution in [0.4, 0.5) is 14.6 Å². The van der Waals surface area contributed by atoms with Crippen molar-refractivity contribution in [2.24, 2.45) is 0 Å². The fraction of sp³-hybridized carbons (Fsp3) is 0.182. The zero-order valence-corrected chi connectivity index (χ0v) is 17.0. The van der Waals surface area contributed by atoms with Crippen LogP contribution in [0.2, 0.25) is 0 Å². The van der Waals surface area contributed by atoms with E-state index in [4.69, 9.17) is 4.74 Å². The fourth-order valence-electron chi connectivity index (χ4n) is 3.53. The zero-order valence-electron chi connectivity index (χ0n) is 17.0. The summed E-state index contributed by atoms with van der Waals surface area (Å²) in [5.74, 6) is -0.796. The topological polar surface area (TPSA) is 93.4 Å². The molecular formula is C22H18F2N6O2. The van der Waals surface area contributed by atoms with Crippen molar-refractivity contribution in [3.05, 3.63) is 71.7 Å². The van der Waals surface area contributed by atoms with Crippen molar-refractivity contribution >= 4 is 17.4 Å². The molecule has 1 aliphatic rings. The van der Waals surface area contributed by atoms with E-state index in [-0.39, 0.29) is 30.4 Å². The lowest BCUT2D eigenvalue weighted by molar-refractivity contribution is 0.0932. The lowest BCUT2D eigenvalue weighted by Gasteiger charge is -2.17. The molecular weight excluding hydrogens is 418 g/mol. The van der Waals surface area contributed by atoms with E-state index >= 15 is 0 Å². The summed E-state index contributed by atoms with van der Waals surface area (Å²) in [6.07, 6.45) is 3.65. The molecule has 0 radical (unpaired) electrons. The van der Waals surface area contributed by atoms with Crippen LogP contribution in [0.25, 0.3) is 16.8 Å². The number of carbonyl (C=O) groups is 1. The number of anilines is 1. The number of halogens is 2. The summed E-state index contributed by atoms with van der Waals surface area (Å²) in [5.41, 5.74) is 1.76. The summed E-state index contributed by atoms with van der Waals surface area (Å²) in [6, 6.07) is 7.58. The molecule has 2 bridgehead atoms. The molecule has 8 nitrogen and oxygen atoms in total. The predicted octanol–water partition coefficient (Wildman–Crippen LogP) is 3.19. The summed E-state index contributed by atoms with van der Waals surface area (Å²) in [6.45, 7) is 2.08. The minimum atomic E-state index is -0.518. The monoisotopic (exact) mass is 436 g/mol. The quantitative estimate of drug-likeness (QED) is 0.476. The van der Waals surface area contributed by atoms with Crippen molar-refractivity contribution < 1.29 is 18.3 Å². The number of pyridine rings is 1. The molecule has 0 saturated carbocycles. The van der Waals surface area contributed by atoms with Crippen molar-refractivity contribution in [2.75, 3.05) is 11.9 Å². The number of fused-ring (bicyclic) bond motifs is 2. The fourth-order valence-corrected chi connectivity index (χ4v) is 3.53. The van der Waals surface area contributed by atoms with Gasteiger partial charge in [0.05, 0.1) is 18.9 Å². The van der Waals surface area contributed by atoms with E-state index in [2.05, 4.69) is 25.7 Å². The molecule has 0 aliphatic carbocycles. The van der Waals surface area contributed by atoms with Crippen LogP contribution in [-0.2, 0) is 6.54 Å². The van der Waals surface area contributed by atoms with Gasteiger partial charge in [0.25, 0.3) is 5.91 Å². The van der Waals surface area contributed by atoms with Crippen LogP contribution in [0.15, 0.2) is 48.9 Å². The summed E-state index contributed by atoms with van der Waals surface area (Å²) in [4.78, 5) is 21.4. The molecule has 2 N–H and O–H groups in total. The molecule has 0 fully saturated rings. The molecule has 32 heavy (non-hydrogen) atoms. The van der Waals surface area contributed by atoms with E-state index in [1.54, 1.807) is 31.3 Å². The van der Waals surface area contributed by atoms with Crippen molar-refractivity contribution in [2.45, 2.75) is 19.6 Å². The highest BCUT2D eigenvalue weighted by molar-refractivity contribution is 6.00. The number of nitrogens with one attached hydrogen (secondary N) is 2. The third-order valence-corrected chi connectivity index (χ3v) is 5.10. The van der Waals surface area contributed by atoms with E-state index < -0.39 is 17.7 Å². The number of benzene rings is 1. The second-order valence-corrected chi connectivity index (χ2v) is 7.42. The molecule has 10 heteroatoms. The number of hydrogen-bond acceptors (Lipinski definition) is 6. The number of nitrogens with zero attached hydrogens (tertiary/aromatic N) is 4. The normalized spacial score (nSPS) is 16.2. The second-order valence-electron chi connectivity index (χ2n) is 7.42. The van der Waals surface area contributed by atoms with Crippen LogP contribution < -0.4 is 15.4 Å². The van der Waals surface area contributed by atoms with Gasteiger partial charge in [0.15, 0.2) is 5.65 Å². The number of aromatic nitrogens is 4. The zero-order chi connectivity index (χ0) is 22.2. The van der Waals surface area contributed by atoms with Crippen molar-refractivity contribution in [3.63, 3.8) is 0 Å². The number of hydrogen-bond donors (Lipinski definition) is 2. The van der Waals surface area contributed by atoms with Gasteiger partial charge in [-0.15, -0.1) is 0 Å². The van der Waals surface area contributed by atoms with Gasteiger partial charge in [0, 0.05) is 29.4 Å². The molecule has 4 aromatic rings. The molecule has 4 heterocycles. The Kier molecular flexibility index (Phi) is 4.89. The molecule has 3 aromatic heterocycles. The van der Waals surface area contributed by atoms with Gasteiger partial charge in [-0.25, -0.2) is 23.3 Å². The Labute approximate surface area is 181 Å². The third-order valence-electron chi connectivity index (χ3n) is 5.10. The van der Waals surface area contributed by atoms with Gasteiger partial charge in [-0.2, -0.15) is 5.10 Å². The molecule has 1 amide bonds. The van der Waals surface area contributed by atoms with Crippen LogP contribution in [-0.4, -0.2) is 38.1 Å². The highest BCUT2D eigenvalue weighted by atomic mass is 19.1. The first-order valence-corrected chi connectivity index (χ1v) is 9.96. The number of ether oxygens (including phenoxy) is 1. The van der Waals surface area contributed by atoms with Gasteiger partial charge in [-0.3, -0.25) is 4.79 Å². The van der Waals surface area contributed by atoms with E-state index in [0.717, 1.165) is 6.20 Å². The average molecular weight is 436 g/mol. The average Bonchev–Trinajstić information content (AvgIpc) is 3.20. The Morgan fingerprint density at radius 2 is 1.97 bits per heavy atom. The van der Waals surface area contributed by atoms with E-state index in [1.165, 1.54) is 22.8 Å². The molecule has 0 spiro atoms. The molecule has 162 valence electrons. The summed E-state index contributed by atoms with van der Waals surface area (Å²) >= 11 is 0. The lowest BCUT2D eigenvalue weighted by atomic mass is 10.1. The third kappa shape index (κ3) is 3.59. The van der Waals surface area contributed by atoms with E-state index in [9.17, 15) is 13.6 Å². The Morgan fingerprint density at radius 1 is 1.12 bits per heavy atom. The van der Waals surface area contributed by atoms with Crippen molar-refractivity contribution in [1.82, 2.24) is 24.9 Å². The maximum Gasteiger partial charge on any atom is 0.256 e. The smallest absolute Gasteiger partial charge is 0.256 e. The minimum Gasteiger partial charge on any atom is -0.473 e. The van der Waals surface area contributed by atoms with Gasteiger partial charge in [-0.1, -0.05) is 18.2 Å². The first-order chi connectivity index (χ1) is 15.5. The van der Waals surface area contributed by atoms with Crippen LogP contribution >= 0.6 is 0 Å². The highest BCUT2D eigenvalue weighted by Gasteiger charge is 2.21. The van der Waals surface area contributed by atoms with Gasteiger partial charge in [0.2, 0.25) is 5.88 Å². The molecule has 1 unspecified atom stereocenters. The van der Waals surface area contributed by atoms with Crippen LogP contribution in [0.5, 0.6) is 5.88 Å². The van der Waals surface area contributed by atoms with Crippen LogP contribution in [0.1, 0.15) is 22.8 Å². The first kappa shape index (κ1) is 19.9. The molecule has 0 saturated heterocycles. The Balaban J connectivity index is 1.68. The minimum absolute atomic E-state index is 0.113. The number of rotatable bonds is 1. The Bertz CT molecular complexity index is 1340. The van der Waals surface area contributed by atoms with Crippen molar-refractivity contribution in [1.29, 1.82) is 0 Å². The number of carbonyl (C=O) groups excluding carboxylic acids is 1. The highest BCUT2D eigenvalue weighted by Crippen LogP contribution is 2.31. The van der Waals surface area contributed by atoms with Crippen LogP contribution in [0.3, 0.4) is 0 Å². The van der Waals surface area contributed by atoms with E-state index in [1.807, 2.05) is 0 Å². The standard InChI is InChI=1S/C22H18F2N6O2/c1-12-7-26-21(31)16-10-28-30-11-17(15-4-2-3-5-18(15)24)19(29-20(16)30)25-8-13-6-14(23)9-27-22(13)32-12/h2-6,9-12H,7-8H2,1H3,(H,25,29)(H,26,31). The second kappa shape index (κ2) is 7.88. The van der Waals surface area contributed by atoms with Crippen LogP contribution in [0, 0.1) is 11.6 Å². The Hall–Kier alpha value is -4.08. The summed E-state index contributed by atoms with van der Waals surface area (Å²) in [5, 5.41) is 10.1. The van der Waals surface area contributed by atoms with Gasteiger partial charge in [-0.05, 0) is 19.1 Å². The molecule has 1 aromatic carbocycles. The first-order valence-electron chi connectivity index (χ1n) is 9.96. The maximum atomic E-state index is 14.6. The largest absolute Gasteiger partial charge is 0.473 e. The summed E-state index contributed by atoms with van der Waals surface area (Å²) in [7, 11) is 0. The molecule has 1 aliphatic heterocycles. The lowest BCUT2D eigenvalue weighted by Crippen LogP contribution is -2.33. The maximum absolute atomic E-state index is 14.6. The number of amides is 1. The SMILES string of the molecule is CC1CNC(=O)c2cnn3cc(-c4ccccc4F)c(nc23)NCc2cc(F)cnc2O1. The van der Waals surface area contributed by atoms with E-state index in [0.29, 0.717) is 28.2 Å². The molecule has 5 rings (SSSR count). The Morgan fingerprint density at radius 3 is 2.81 bits per heavy atom. The molecule has 1 atom stereocenters. The summed E-state index contributed by atoms with van der Waals surface area (Å²) < 4.78 is 35.8.